The second-order valence-corrected chi connectivity index (χ2v) is 4.49. The number of aromatic nitrogens is 2. The second-order valence-electron chi connectivity index (χ2n) is 4.05. The first-order valence-corrected chi connectivity index (χ1v) is 6.46. The highest BCUT2D eigenvalue weighted by molar-refractivity contribution is 7.80. The van der Waals surface area contributed by atoms with Gasteiger partial charge in [0.25, 0.3) is 0 Å². The molecule has 0 unspecified atom stereocenters. The van der Waals surface area contributed by atoms with Crippen LogP contribution in [0.1, 0.15) is 17.5 Å². The summed E-state index contributed by atoms with van der Waals surface area (Å²) in [4.78, 5) is 0.271. The summed E-state index contributed by atoms with van der Waals surface area (Å²) in [6.45, 7) is 0.559. The lowest BCUT2D eigenvalue weighted by Gasteiger charge is -2.08. The van der Waals surface area contributed by atoms with E-state index in [1.54, 1.807) is 12.3 Å². The fourth-order valence-electron chi connectivity index (χ4n) is 1.70. The van der Waals surface area contributed by atoms with Crippen LogP contribution in [0, 0.1) is 0 Å². The summed E-state index contributed by atoms with van der Waals surface area (Å²) < 4.78 is 5.58. The minimum Gasteiger partial charge on any atom is -0.476 e. The molecule has 0 fully saturated rings. The Balaban J connectivity index is 1.85. The van der Waals surface area contributed by atoms with Crippen LogP contribution in [0.5, 0.6) is 5.88 Å². The number of ether oxygens (including phenoxy) is 1. The van der Waals surface area contributed by atoms with Gasteiger partial charge in [0, 0.05) is 0 Å². The maximum atomic E-state index is 5.59. The summed E-state index contributed by atoms with van der Waals surface area (Å²) >= 11 is 4.93. The molecule has 2 rings (SSSR count). The van der Waals surface area contributed by atoms with E-state index in [0.29, 0.717) is 18.1 Å². The third-order valence-electron chi connectivity index (χ3n) is 2.64. The van der Waals surface area contributed by atoms with Crippen LogP contribution in [0.15, 0.2) is 42.6 Å². The molecule has 0 radical (unpaired) electrons. The van der Waals surface area contributed by atoms with Crippen molar-refractivity contribution in [2.45, 2.75) is 12.8 Å². The molecule has 0 aliphatic carbocycles. The van der Waals surface area contributed by atoms with Crippen molar-refractivity contribution < 1.29 is 4.74 Å². The first-order chi connectivity index (χ1) is 9.27. The molecule has 1 aromatic heterocycles. The van der Waals surface area contributed by atoms with Crippen molar-refractivity contribution >= 4 is 17.2 Å². The zero-order valence-corrected chi connectivity index (χ0v) is 11.3. The predicted molar refractivity (Wildman–Crippen MR) is 78.2 cm³/mol. The Morgan fingerprint density at radius 2 is 2.00 bits per heavy atom. The number of thiocarbonyl (C=S) groups is 1. The predicted octanol–water partition coefficient (Wildman–Crippen LogP) is 2.12. The van der Waals surface area contributed by atoms with E-state index in [-0.39, 0.29) is 4.99 Å². The lowest BCUT2D eigenvalue weighted by atomic mass is 10.1. The second kappa shape index (κ2) is 6.80. The molecule has 2 aromatic rings. The van der Waals surface area contributed by atoms with Gasteiger partial charge < -0.3 is 10.5 Å². The van der Waals surface area contributed by atoms with E-state index < -0.39 is 0 Å². The fraction of sp³-hybridized carbons (Fsp3) is 0.214. The summed E-state index contributed by atoms with van der Waals surface area (Å²) in [7, 11) is 0. The molecule has 0 saturated heterocycles. The Morgan fingerprint density at radius 1 is 1.21 bits per heavy atom. The van der Waals surface area contributed by atoms with Crippen molar-refractivity contribution in [2.75, 3.05) is 6.61 Å². The minimum atomic E-state index is 0.271. The highest BCUT2D eigenvalue weighted by Crippen LogP contribution is 2.13. The van der Waals surface area contributed by atoms with Crippen LogP contribution in [0.3, 0.4) is 0 Å². The van der Waals surface area contributed by atoms with Gasteiger partial charge in [-0.05, 0) is 24.5 Å². The maximum absolute atomic E-state index is 5.59. The molecule has 0 amide bonds. The first-order valence-electron chi connectivity index (χ1n) is 6.05. The van der Waals surface area contributed by atoms with Crippen LogP contribution in [0.4, 0.5) is 0 Å². The van der Waals surface area contributed by atoms with Crippen molar-refractivity contribution in [3.8, 4) is 5.88 Å². The number of benzene rings is 1. The van der Waals surface area contributed by atoms with Gasteiger partial charge in [0.1, 0.15) is 4.99 Å². The molecule has 1 aromatic carbocycles. The van der Waals surface area contributed by atoms with Crippen molar-refractivity contribution in [1.29, 1.82) is 0 Å². The van der Waals surface area contributed by atoms with Gasteiger partial charge in [-0.3, -0.25) is 0 Å². The lowest BCUT2D eigenvalue weighted by Crippen LogP contribution is -2.13. The molecule has 4 nitrogen and oxygen atoms in total. The smallest absolute Gasteiger partial charge is 0.243 e. The van der Waals surface area contributed by atoms with Crippen LogP contribution in [-0.4, -0.2) is 21.8 Å². The Morgan fingerprint density at radius 3 is 2.74 bits per heavy atom. The minimum absolute atomic E-state index is 0.271. The topological polar surface area (TPSA) is 61.0 Å². The molecular weight excluding hydrogens is 258 g/mol. The monoisotopic (exact) mass is 273 g/mol. The van der Waals surface area contributed by atoms with E-state index in [0.717, 1.165) is 12.8 Å². The van der Waals surface area contributed by atoms with Crippen molar-refractivity contribution in [3.63, 3.8) is 0 Å². The number of hydrogen-bond donors (Lipinski definition) is 1. The number of rotatable bonds is 6. The van der Waals surface area contributed by atoms with Crippen LogP contribution in [0.25, 0.3) is 0 Å². The van der Waals surface area contributed by atoms with Crippen molar-refractivity contribution in [3.05, 3.63) is 53.7 Å². The molecule has 0 spiro atoms. The maximum Gasteiger partial charge on any atom is 0.243 e. The number of nitrogens with zero attached hydrogens (tertiary/aromatic N) is 2. The van der Waals surface area contributed by atoms with E-state index in [2.05, 4.69) is 22.3 Å². The number of aryl methyl sites for hydroxylation is 1. The molecule has 0 atom stereocenters. The molecule has 98 valence electrons. The zero-order valence-electron chi connectivity index (χ0n) is 10.5. The highest BCUT2D eigenvalue weighted by Gasteiger charge is 2.07. The number of nitrogens with two attached hydrogens (primary N) is 1. The standard InChI is InChI=1S/C14H15N3OS/c15-13(19)12-8-9-16-17-14(12)18-10-4-7-11-5-2-1-3-6-11/h1-3,5-6,8-9H,4,7,10H2,(H2,15,19). The average molecular weight is 273 g/mol. The summed E-state index contributed by atoms with van der Waals surface area (Å²) in [5, 5.41) is 7.68. The third kappa shape index (κ3) is 3.99. The van der Waals surface area contributed by atoms with Crippen molar-refractivity contribution in [2.24, 2.45) is 5.73 Å². The molecule has 0 aliphatic rings. The van der Waals surface area contributed by atoms with E-state index in [4.69, 9.17) is 22.7 Å². The Kier molecular flexibility index (Phi) is 4.80. The zero-order chi connectivity index (χ0) is 13.5. The van der Waals surface area contributed by atoms with E-state index in [9.17, 15) is 0 Å². The van der Waals surface area contributed by atoms with Gasteiger partial charge in [-0.2, -0.15) is 5.10 Å². The molecule has 19 heavy (non-hydrogen) atoms. The van der Waals surface area contributed by atoms with E-state index in [1.807, 2.05) is 18.2 Å². The Labute approximate surface area is 117 Å². The number of hydrogen-bond acceptors (Lipinski definition) is 4. The molecule has 0 saturated carbocycles. The van der Waals surface area contributed by atoms with Gasteiger partial charge in [0.15, 0.2) is 0 Å². The van der Waals surface area contributed by atoms with Crippen LogP contribution in [-0.2, 0) is 6.42 Å². The summed E-state index contributed by atoms with van der Waals surface area (Å²) in [5.41, 5.74) is 7.51. The van der Waals surface area contributed by atoms with Gasteiger partial charge in [-0.15, -0.1) is 5.10 Å². The van der Waals surface area contributed by atoms with Crippen LogP contribution in [0.2, 0.25) is 0 Å². The molecule has 0 aliphatic heterocycles. The molecule has 5 heteroatoms. The van der Waals surface area contributed by atoms with Gasteiger partial charge in [0.2, 0.25) is 5.88 Å². The van der Waals surface area contributed by atoms with Crippen LogP contribution >= 0.6 is 12.2 Å². The summed E-state index contributed by atoms with van der Waals surface area (Å²) in [6, 6.07) is 12.0. The van der Waals surface area contributed by atoms with Crippen LogP contribution < -0.4 is 10.5 Å². The summed E-state index contributed by atoms with van der Waals surface area (Å²) in [5.74, 6) is 0.406. The molecule has 1 heterocycles. The van der Waals surface area contributed by atoms with Gasteiger partial charge >= 0.3 is 0 Å². The Bertz CT molecular complexity index is 545. The van der Waals surface area contributed by atoms with Gasteiger partial charge in [0.05, 0.1) is 18.4 Å². The molecule has 0 bridgehead atoms. The first kappa shape index (κ1) is 13.4. The average Bonchev–Trinajstić information content (AvgIpc) is 2.45. The van der Waals surface area contributed by atoms with Gasteiger partial charge in [-0.1, -0.05) is 42.5 Å². The normalized spacial score (nSPS) is 10.1. The third-order valence-corrected chi connectivity index (χ3v) is 2.86. The van der Waals surface area contributed by atoms with Crippen molar-refractivity contribution in [1.82, 2.24) is 10.2 Å². The fourth-order valence-corrected chi connectivity index (χ4v) is 1.86. The highest BCUT2D eigenvalue weighted by atomic mass is 32.1. The molecular formula is C14H15N3OS. The largest absolute Gasteiger partial charge is 0.476 e. The van der Waals surface area contributed by atoms with E-state index >= 15 is 0 Å². The summed E-state index contributed by atoms with van der Waals surface area (Å²) in [6.07, 6.45) is 3.41. The van der Waals surface area contributed by atoms with Gasteiger partial charge in [-0.25, -0.2) is 0 Å². The quantitative estimate of drug-likeness (QED) is 0.645. The SMILES string of the molecule is NC(=S)c1ccnnc1OCCCc1ccccc1. The molecule has 2 N–H and O–H groups in total. The Hall–Kier alpha value is -2.01. The lowest BCUT2D eigenvalue weighted by molar-refractivity contribution is 0.295. The van der Waals surface area contributed by atoms with E-state index in [1.165, 1.54) is 5.56 Å².